The van der Waals surface area contributed by atoms with Gasteiger partial charge < -0.3 is 9.26 Å². The predicted octanol–water partition coefficient (Wildman–Crippen LogP) is 3.68. The summed E-state index contributed by atoms with van der Waals surface area (Å²) in [5, 5.41) is 4.02. The minimum absolute atomic E-state index is 0.230. The maximum atomic E-state index is 12.3. The molecule has 1 atom stereocenters. The Kier molecular flexibility index (Phi) is 5.30. The summed E-state index contributed by atoms with van der Waals surface area (Å²) in [6.45, 7) is 1.91. The Labute approximate surface area is 144 Å². The Morgan fingerprint density at radius 1 is 1.12 bits per heavy atom. The number of hydrogen-bond acceptors (Lipinski definition) is 6. The predicted molar refractivity (Wildman–Crippen MR) is 90.3 cm³/mol. The van der Waals surface area contributed by atoms with E-state index in [1.807, 2.05) is 6.92 Å². The molecule has 24 heavy (non-hydrogen) atoms. The first-order valence-electron chi connectivity index (χ1n) is 9.11. The maximum absolute atomic E-state index is 12.3. The lowest BCUT2D eigenvalue weighted by Crippen LogP contribution is -2.33. The van der Waals surface area contributed by atoms with Crippen LogP contribution in [0.4, 0.5) is 0 Å². The Bertz CT molecular complexity index is 641. The molecule has 0 bridgehead atoms. The summed E-state index contributed by atoms with van der Waals surface area (Å²) in [6, 6.07) is 0. The summed E-state index contributed by atoms with van der Waals surface area (Å²) in [7, 11) is -3.29. The van der Waals surface area contributed by atoms with Crippen molar-refractivity contribution in [1.29, 1.82) is 0 Å². The van der Waals surface area contributed by atoms with Gasteiger partial charge in [-0.15, -0.1) is 0 Å². The van der Waals surface area contributed by atoms with Crippen molar-refractivity contribution in [2.24, 2.45) is 0 Å². The van der Waals surface area contributed by atoms with Gasteiger partial charge in [-0.1, -0.05) is 43.7 Å². The van der Waals surface area contributed by atoms with E-state index in [2.05, 4.69) is 10.1 Å². The molecule has 1 aromatic rings. The highest BCUT2D eigenvalue weighted by Gasteiger charge is 2.49. The molecule has 1 aromatic heterocycles. The largest absolute Gasteiger partial charge is 0.365 e. The van der Waals surface area contributed by atoms with E-state index in [9.17, 15) is 8.42 Å². The van der Waals surface area contributed by atoms with Gasteiger partial charge in [0.1, 0.15) is 10.9 Å². The third-order valence-electron chi connectivity index (χ3n) is 5.52. The normalized spacial score (nSPS) is 23.9. The highest BCUT2D eigenvalue weighted by atomic mass is 32.2. The standard InChI is InChI=1S/C17H28N2O4S/c1-13(22-14-9-5-3-4-6-10-14)15-18-16(19-23-15)17(24(2,20)21)11-7-8-12-17/h13-14H,3-12H2,1-2H3. The summed E-state index contributed by atoms with van der Waals surface area (Å²) < 4.78 is 35.2. The van der Waals surface area contributed by atoms with Crippen LogP contribution in [0.5, 0.6) is 0 Å². The molecule has 2 aliphatic carbocycles. The summed E-state index contributed by atoms with van der Waals surface area (Å²) in [5.74, 6) is 0.706. The lowest BCUT2D eigenvalue weighted by Gasteiger charge is -2.22. The molecule has 0 N–H and O–H groups in total. The fourth-order valence-corrected chi connectivity index (χ4v) is 5.46. The van der Waals surface area contributed by atoms with Gasteiger partial charge in [-0.25, -0.2) is 8.42 Å². The molecule has 0 saturated heterocycles. The number of sulfone groups is 1. The molecule has 2 aliphatic rings. The molecule has 2 fully saturated rings. The average molecular weight is 356 g/mol. The third-order valence-corrected chi connectivity index (χ3v) is 7.53. The fourth-order valence-electron chi connectivity index (χ4n) is 4.02. The summed E-state index contributed by atoms with van der Waals surface area (Å²) in [6.07, 6.45) is 11.2. The molecular formula is C17H28N2O4S. The molecule has 3 rings (SSSR count). The van der Waals surface area contributed by atoms with Gasteiger partial charge in [-0.3, -0.25) is 0 Å². The molecule has 0 radical (unpaired) electrons. The van der Waals surface area contributed by atoms with Crippen LogP contribution in [0.3, 0.4) is 0 Å². The van der Waals surface area contributed by atoms with Crippen molar-refractivity contribution < 1.29 is 17.7 Å². The molecule has 1 unspecified atom stereocenters. The molecule has 7 heteroatoms. The van der Waals surface area contributed by atoms with Gasteiger partial charge in [-0.05, 0) is 32.6 Å². The Morgan fingerprint density at radius 3 is 2.33 bits per heavy atom. The van der Waals surface area contributed by atoms with Crippen LogP contribution in [-0.4, -0.2) is 30.9 Å². The van der Waals surface area contributed by atoms with Crippen molar-refractivity contribution in [2.45, 2.75) is 88.1 Å². The van der Waals surface area contributed by atoms with Crippen LogP contribution >= 0.6 is 0 Å². The molecule has 6 nitrogen and oxygen atoms in total. The maximum Gasteiger partial charge on any atom is 0.255 e. The number of ether oxygens (including phenoxy) is 1. The number of hydrogen-bond donors (Lipinski definition) is 0. The van der Waals surface area contributed by atoms with Gasteiger partial charge in [0.2, 0.25) is 0 Å². The van der Waals surface area contributed by atoms with Crippen molar-refractivity contribution in [3.05, 3.63) is 11.7 Å². The molecule has 0 aliphatic heterocycles. The van der Waals surface area contributed by atoms with Crippen molar-refractivity contribution in [3.63, 3.8) is 0 Å². The zero-order chi connectivity index (χ0) is 17.2. The number of aromatic nitrogens is 2. The Morgan fingerprint density at radius 2 is 1.75 bits per heavy atom. The lowest BCUT2D eigenvalue weighted by molar-refractivity contribution is -0.0259. The minimum atomic E-state index is -3.29. The fraction of sp³-hybridized carbons (Fsp3) is 0.882. The second kappa shape index (κ2) is 7.12. The van der Waals surface area contributed by atoms with E-state index >= 15 is 0 Å². The van der Waals surface area contributed by atoms with E-state index in [0.29, 0.717) is 24.6 Å². The molecule has 1 heterocycles. The Balaban J connectivity index is 1.74. The second-order valence-electron chi connectivity index (χ2n) is 7.32. The smallest absolute Gasteiger partial charge is 0.255 e. The van der Waals surface area contributed by atoms with Crippen LogP contribution in [0.2, 0.25) is 0 Å². The molecule has 0 aromatic carbocycles. The zero-order valence-corrected chi connectivity index (χ0v) is 15.5. The summed E-state index contributed by atoms with van der Waals surface area (Å²) in [5.41, 5.74) is 0. The third kappa shape index (κ3) is 3.52. The second-order valence-corrected chi connectivity index (χ2v) is 9.65. The summed E-state index contributed by atoms with van der Waals surface area (Å²) >= 11 is 0. The quantitative estimate of drug-likeness (QED) is 0.748. The van der Waals surface area contributed by atoms with Crippen molar-refractivity contribution in [3.8, 4) is 0 Å². The van der Waals surface area contributed by atoms with Gasteiger partial charge in [0, 0.05) is 6.26 Å². The van der Waals surface area contributed by atoms with Gasteiger partial charge in [0.25, 0.3) is 5.89 Å². The van der Waals surface area contributed by atoms with Crippen LogP contribution in [0, 0.1) is 0 Å². The van der Waals surface area contributed by atoms with Gasteiger partial charge in [-0.2, -0.15) is 4.98 Å². The summed E-state index contributed by atoms with van der Waals surface area (Å²) in [4.78, 5) is 4.44. The molecule has 0 amide bonds. The van der Waals surface area contributed by atoms with Gasteiger partial charge in [0.15, 0.2) is 15.7 Å². The topological polar surface area (TPSA) is 82.3 Å². The first kappa shape index (κ1) is 17.9. The molecule has 2 saturated carbocycles. The Hall–Kier alpha value is -0.950. The van der Waals surface area contributed by atoms with E-state index in [1.165, 1.54) is 31.9 Å². The van der Waals surface area contributed by atoms with Gasteiger partial charge >= 0.3 is 0 Å². The monoisotopic (exact) mass is 356 g/mol. The van der Waals surface area contributed by atoms with Crippen LogP contribution in [0.1, 0.15) is 89.0 Å². The molecular weight excluding hydrogens is 328 g/mol. The van der Waals surface area contributed by atoms with Crippen molar-refractivity contribution >= 4 is 9.84 Å². The van der Waals surface area contributed by atoms with Crippen molar-refractivity contribution in [1.82, 2.24) is 10.1 Å². The minimum Gasteiger partial charge on any atom is -0.365 e. The highest BCUT2D eigenvalue weighted by Crippen LogP contribution is 2.44. The average Bonchev–Trinajstić information content (AvgIpc) is 3.13. The van der Waals surface area contributed by atoms with Crippen LogP contribution in [0.25, 0.3) is 0 Å². The van der Waals surface area contributed by atoms with E-state index in [1.54, 1.807) is 0 Å². The lowest BCUT2D eigenvalue weighted by atomic mass is 10.1. The van der Waals surface area contributed by atoms with Crippen LogP contribution in [0.15, 0.2) is 4.52 Å². The van der Waals surface area contributed by atoms with E-state index in [0.717, 1.165) is 25.7 Å². The first-order chi connectivity index (χ1) is 11.4. The first-order valence-corrected chi connectivity index (χ1v) is 11.0. The van der Waals surface area contributed by atoms with E-state index < -0.39 is 14.6 Å². The SMILES string of the molecule is CC(OC1CCCCCC1)c1nc(C2(S(C)(=O)=O)CCCC2)no1. The van der Waals surface area contributed by atoms with Crippen LogP contribution < -0.4 is 0 Å². The zero-order valence-electron chi connectivity index (χ0n) is 14.7. The molecule has 136 valence electrons. The number of rotatable bonds is 5. The van der Waals surface area contributed by atoms with Crippen molar-refractivity contribution in [2.75, 3.05) is 6.26 Å². The highest BCUT2D eigenvalue weighted by molar-refractivity contribution is 7.91. The van der Waals surface area contributed by atoms with Crippen LogP contribution in [-0.2, 0) is 19.3 Å². The van der Waals surface area contributed by atoms with E-state index in [4.69, 9.17) is 9.26 Å². The molecule has 0 spiro atoms. The van der Waals surface area contributed by atoms with Gasteiger partial charge in [0.05, 0.1) is 6.10 Å². The van der Waals surface area contributed by atoms with E-state index in [-0.39, 0.29) is 12.2 Å². The number of nitrogens with zero attached hydrogens (tertiary/aromatic N) is 2.